The number of rotatable bonds is 8. The van der Waals surface area contributed by atoms with Crippen molar-refractivity contribution in [1.29, 1.82) is 0 Å². The average Bonchev–Trinajstić information content (AvgIpc) is 2.78. The number of carbonyl (C=O) groups is 1. The molecule has 3 rings (SSSR count). The summed E-state index contributed by atoms with van der Waals surface area (Å²) in [6, 6.07) is 21.0. The summed E-state index contributed by atoms with van der Waals surface area (Å²) in [6.45, 7) is 2.19. The van der Waals surface area contributed by atoms with E-state index < -0.39 is 15.9 Å². The first-order chi connectivity index (χ1) is 14.4. The van der Waals surface area contributed by atoms with Crippen LogP contribution in [0.3, 0.4) is 0 Å². The normalized spacial score (nSPS) is 11.1. The van der Waals surface area contributed by atoms with Crippen molar-refractivity contribution in [2.75, 3.05) is 12.4 Å². The molecule has 0 heterocycles. The molecule has 0 saturated carbocycles. The third-order valence-electron chi connectivity index (χ3n) is 4.64. The Bertz CT molecular complexity index is 1110. The highest BCUT2D eigenvalue weighted by Gasteiger charge is 2.21. The predicted octanol–water partition coefficient (Wildman–Crippen LogP) is 3.99. The first-order valence-electron chi connectivity index (χ1n) is 9.55. The largest absolute Gasteiger partial charge is 0.495 e. The number of carbonyl (C=O) groups excluding carboxylic acids is 1. The van der Waals surface area contributed by atoms with E-state index in [9.17, 15) is 13.2 Å². The fraction of sp³-hybridized carbons (Fsp3) is 0.174. The number of ether oxygens (including phenoxy) is 1. The Labute approximate surface area is 177 Å². The Morgan fingerprint density at radius 1 is 0.933 bits per heavy atom. The lowest BCUT2D eigenvalue weighted by Crippen LogP contribution is -2.24. The highest BCUT2D eigenvalue weighted by molar-refractivity contribution is 7.89. The summed E-state index contributed by atoms with van der Waals surface area (Å²) in [4.78, 5) is 12.6. The molecular formula is C23H24N2O4S. The van der Waals surface area contributed by atoms with Gasteiger partial charge in [-0.15, -0.1) is 0 Å². The monoisotopic (exact) mass is 424 g/mol. The van der Waals surface area contributed by atoms with Gasteiger partial charge in [-0.3, -0.25) is 4.79 Å². The second-order valence-corrected chi connectivity index (χ2v) is 8.42. The summed E-state index contributed by atoms with van der Waals surface area (Å²) in [5.74, 6) is -0.235. The van der Waals surface area contributed by atoms with Crippen molar-refractivity contribution in [3.63, 3.8) is 0 Å². The SMILES string of the molecule is CCc1ccc(NC(=O)c2ccc(OC)c(S(=O)(=O)NCc3ccccc3)c2)cc1. The minimum atomic E-state index is -3.89. The molecule has 3 aromatic carbocycles. The summed E-state index contributed by atoms with van der Waals surface area (Å²) < 4.78 is 33.5. The first kappa shape index (κ1) is 21.5. The summed E-state index contributed by atoms with van der Waals surface area (Å²) in [5, 5.41) is 2.79. The highest BCUT2D eigenvalue weighted by Crippen LogP contribution is 2.25. The molecule has 0 unspecified atom stereocenters. The Morgan fingerprint density at radius 3 is 2.27 bits per heavy atom. The van der Waals surface area contributed by atoms with Gasteiger partial charge in [0.05, 0.1) is 7.11 Å². The Balaban J connectivity index is 1.82. The molecule has 3 aromatic rings. The molecule has 0 aromatic heterocycles. The van der Waals surface area contributed by atoms with Crippen LogP contribution in [0.2, 0.25) is 0 Å². The van der Waals surface area contributed by atoms with Gasteiger partial charge in [-0.05, 0) is 47.9 Å². The van der Waals surface area contributed by atoms with E-state index in [1.807, 2.05) is 54.6 Å². The molecule has 156 valence electrons. The standard InChI is InChI=1S/C23H24N2O4S/c1-3-17-9-12-20(13-10-17)25-23(26)19-11-14-21(29-2)22(15-19)30(27,28)24-16-18-7-5-4-6-8-18/h4-15,24H,3,16H2,1-2H3,(H,25,26). The van der Waals surface area contributed by atoms with Crippen molar-refractivity contribution >= 4 is 21.6 Å². The van der Waals surface area contributed by atoms with Crippen LogP contribution >= 0.6 is 0 Å². The van der Waals surface area contributed by atoms with Crippen molar-refractivity contribution < 1.29 is 17.9 Å². The number of amides is 1. The van der Waals surface area contributed by atoms with Gasteiger partial charge in [0.15, 0.2) is 0 Å². The van der Waals surface area contributed by atoms with Gasteiger partial charge >= 0.3 is 0 Å². The molecule has 0 aliphatic carbocycles. The van der Waals surface area contributed by atoms with Crippen LogP contribution in [0, 0.1) is 0 Å². The predicted molar refractivity (Wildman–Crippen MR) is 117 cm³/mol. The molecule has 7 heteroatoms. The van der Waals surface area contributed by atoms with Crippen LogP contribution in [0.1, 0.15) is 28.4 Å². The molecule has 30 heavy (non-hydrogen) atoms. The van der Waals surface area contributed by atoms with Gasteiger partial charge in [0.25, 0.3) is 5.91 Å². The van der Waals surface area contributed by atoms with Crippen molar-refractivity contribution in [3.05, 3.63) is 89.5 Å². The van der Waals surface area contributed by atoms with E-state index in [-0.39, 0.29) is 22.8 Å². The van der Waals surface area contributed by atoms with Gasteiger partial charge in [0.1, 0.15) is 10.6 Å². The third kappa shape index (κ3) is 5.25. The molecule has 0 bridgehead atoms. The van der Waals surface area contributed by atoms with Crippen LogP contribution in [0.15, 0.2) is 77.7 Å². The Hall–Kier alpha value is -3.16. The number of benzene rings is 3. The molecule has 2 N–H and O–H groups in total. The van der Waals surface area contributed by atoms with E-state index in [4.69, 9.17) is 4.74 Å². The topological polar surface area (TPSA) is 84.5 Å². The van der Waals surface area contributed by atoms with Crippen molar-refractivity contribution in [3.8, 4) is 5.75 Å². The summed E-state index contributed by atoms with van der Waals surface area (Å²) in [6.07, 6.45) is 0.907. The fourth-order valence-electron chi connectivity index (χ4n) is 2.91. The van der Waals surface area contributed by atoms with E-state index >= 15 is 0 Å². The van der Waals surface area contributed by atoms with Crippen LogP contribution in [-0.4, -0.2) is 21.4 Å². The van der Waals surface area contributed by atoms with E-state index in [1.54, 1.807) is 0 Å². The number of hydrogen-bond acceptors (Lipinski definition) is 4. The van der Waals surface area contributed by atoms with Crippen molar-refractivity contribution in [1.82, 2.24) is 4.72 Å². The van der Waals surface area contributed by atoms with E-state index in [1.165, 1.54) is 25.3 Å². The lowest BCUT2D eigenvalue weighted by molar-refractivity contribution is 0.102. The summed E-state index contributed by atoms with van der Waals surface area (Å²) in [7, 11) is -2.50. The maximum Gasteiger partial charge on any atom is 0.255 e. The number of nitrogens with one attached hydrogen (secondary N) is 2. The first-order valence-corrected chi connectivity index (χ1v) is 11.0. The third-order valence-corrected chi connectivity index (χ3v) is 6.07. The van der Waals surface area contributed by atoms with Gasteiger partial charge in [0.2, 0.25) is 10.0 Å². The second-order valence-electron chi connectivity index (χ2n) is 6.68. The van der Waals surface area contributed by atoms with Crippen LogP contribution in [0.5, 0.6) is 5.75 Å². The minimum Gasteiger partial charge on any atom is -0.495 e. The highest BCUT2D eigenvalue weighted by atomic mass is 32.2. The lowest BCUT2D eigenvalue weighted by atomic mass is 10.1. The van der Waals surface area contributed by atoms with Crippen molar-refractivity contribution in [2.45, 2.75) is 24.8 Å². The molecular weight excluding hydrogens is 400 g/mol. The number of sulfonamides is 1. The lowest BCUT2D eigenvalue weighted by Gasteiger charge is -2.13. The smallest absolute Gasteiger partial charge is 0.255 e. The summed E-state index contributed by atoms with van der Waals surface area (Å²) >= 11 is 0. The van der Waals surface area contributed by atoms with Crippen LogP contribution in [0.4, 0.5) is 5.69 Å². The van der Waals surface area contributed by atoms with Crippen LogP contribution in [0.25, 0.3) is 0 Å². The van der Waals surface area contributed by atoms with Crippen LogP contribution < -0.4 is 14.8 Å². The molecule has 0 aliphatic heterocycles. The van der Waals surface area contributed by atoms with Crippen molar-refractivity contribution in [2.24, 2.45) is 0 Å². The molecule has 6 nitrogen and oxygen atoms in total. The number of hydrogen-bond donors (Lipinski definition) is 2. The van der Waals surface area contributed by atoms with Gasteiger partial charge in [-0.25, -0.2) is 13.1 Å². The maximum atomic E-state index is 12.9. The number of anilines is 1. The number of methoxy groups -OCH3 is 1. The minimum absolute atomic E-state index is 0.0880. The molecule has 0 spiro atoms. The van der Waals surface area contributed by atoms with Gasteiger partial charge in [-0.1, -0.05) is 49.4 Å². The quantitative estimate of drug-likeness (QED) is 0.573. The Morgan fingerprint density at radius 2 is 1.63 bits per heavy atom. The van der Waals surface area contributed by atoms with E-state index in [0.717, 1.165) is 17.5 Å². The van der Waals surface area contributed by atoms with E-state index in [2.05, 4.69) is 17.0 Å². The fourth-order valence-corrected chi connectivity index (χ4v) is 4.12. The zero-order valence-corrected chi connectivity index (χ0v) is 17.7. The van der Waals surface area contributed by atoms with Gasteiger partial charge in [0, 0.05) is 17.8 Å². The molecule has 0 radical (unpaired) electrons. The average molecular weight is 425 g/mol. The molecule has 0 aliphatic rings. The van der Waals surface area contributed by atoms with E-state index in [0.29, 0.717) is 5.69 Å². The molecule has 0 atom stereocenters. The molecule has 1 amide bonds. The summed E-state index contributed by atoms with van der Waals surface area (Å²) in [5.41, 5.74) is 2.84. The van der Waals surface area contributed by atoms with Gasteiger partial charge in [-0.2, -0.15) is 0 Å². The van der Waals surface area contributed by atoms with Crippen LogP contribution in [-0.2, 0) is 23.0 Å². The zero-order valence-electron chi connectivity index (χ0n) is 16.9. The van der Waals surface area contributed by atoms with Gasteiger partial charge < -0.3 is 10.1 Å². The molecule has 0 saturated heterocycles. The second kappa shape index (κ2) is 9.56. The Kier molecular flexibility index (Phi) is 6.87. The zero-order chi connectivity index (χ0) is 21.6. The number of aryl methyl sites for hydroxylation is 1. The molecule has 0 fully saturated rings. The maximum absolute atomic E-state index is 12.9.